The van der Waals surface area contributed by atoms with Crippen LogP contribution in [0, 0.1) is 0 Å². The molecule has 1 N–H and O–H groups in total. The topological polar surface area (TPSA) is 77.0 Å². The number of aromatic nitrogens is 3. The van der Waals surface area contributed by atoms with Crippen molar-refractivity contribution in [2.45, 2.75) is 6.54 Å². The van der Waals surface area contributed by atoms with Crippen molar-refractivity contribution in [1.82, 2.24) is 20.3 Å². The Labute approximate surface area is 115 Å². The molecule has 0 aliphatic carbocycles. The highest BCUT2D eigenvalue weighted by atomic mass is 16.5. The van der Waals surface area contributed by atoms with Gasteiger partial charge in [0.1, 0.15) is 12.9 Å². The summed E-state index contributed by atoms with van der Waals surface area (Å²) in [5.41, 5.74) is 2.27. The van der Waals surface area contributed by atoms with Crippen molar-refractivity contribution in [3.8, 4) is 5.88 Å². The normalized spacial score (nSPS) is 12.9. The van der Waals surface area contributed by atoms with Crippen LogP contribution in [0.5, 0.6) is 5.88 Å². The molecule has 3 heterocycles. The Bertz CT molecular complexity index is 655. The van der Waals surface area contributed by atoms with Gasteiger partial charge < -0.3 is 10.1 Å². The highest BCUT2D eigenvalue weighted by Gasteiger charge is 2.17. The highest BCUT2D eigenvalue weighted by molar-refractivity contribution is 5.98. The average molecular weight is 268 g/mol. The molecule has 2 aromatic heterocycles. The quantitative estimate of drug-likeness (QED) is 0.897. The predicted molar refractivity (Wildman–Crippen MR) is 71.6 cm³/mol. The Kier molecular flexibility index (Phi) is 3.36. The lowest BCUT2D eigenvalue weighted by molar-refractivity contribution is -0.117. The third kappa shape index (κ3) is 2.64. The van der Waals surface area contributed by atoms with Gasteiger partial charge in [-0.15, -0.1) is 0 Å². The summed E-state index contributed by atoms with van der Waals surface area (Å²) >= 11 is 0. The second-order valence-corrected chi connectivity index (χ2v) is 4.28. The second kappa shape index (κ2) is 5.48. The van der Waals surface area contributed by atoms with Gasteiger partial charge in [-0.25, -0.2) is 9.97 Å². The van der Waals surface area contributed by atoms with Crippen LogP contribution in [0.25, 0.3) is 6.08 Å². The molecule has 100 valence electrons. The summed E-state index contributed by atoms with van der Waals surface area (Å²) in [6.07, 6.45) is 8.18. The van der Waals surface area contributed by atoms with Crippen LogP contribution in [0.1, 0.15) is 11.1 Å². The van der Waals surface area contributed by atoms with Crippen molar-refractivity contribution in [2.24, 2.45) is 0 Å². The number of hydrogen-bond acceptors (Lipinski definition) is 5. The number of pyridine rings is 1. The van der Waals surface area contributed by atoms with E-state index < -0.39 is 0 Å². The first-order valence-electron chi connectivity index (χ1n) is 6.13. The number of nitrogens with zero attached hydrogens (tertiary/aromatic N) is 3. The molecule has 6 heteroatoms. The molecule has 0 bridgehead atoms. The Morgan fingerprint density at radius 2 is 2.15 bits per heavy atom. The van der Waals surface area contributed by atoms with Crippen LogP contribution in [-0.2, 0) is 11.3 Å². The SMILES string of the molecule is O=C(NCc1ccncc1)C1=Cc2cncnc2OC1. The fraction of sp³-hybridized carbons (Fsp3) is 0.143. The van der Waals surface area contributed by atoms with Gasteiger partial charge in [-0.05, 0) is 23.8 Å². The molecule has 0 saturated heterocycles. The molecule has 3 rings (SSSR count). The monoisotopic (exact) mass is 268 g/mol. The van der Waals surface area contributed by atoms with Crippen molar-refractivity contribution in [3.63, 3.8) is 0 Å². The van der Waals surface area contributed by atoms with Crippen molar-refractivity contribution in [1.29, 1.82) is 0 Å². The van der Waals surface area contributed by atoms with Crippen LogP contribution in [0.3, 0.4) is 0 Å². The molecule has 0 unspecified atom stereocenters. The Hall–Kier alpha value is -2.76. The van der Waals surface area contributed by atoms with E-state index in [-0.39, 0.29) is 12.5 Å². The molecular weight excluding hydrogens is 256 g/mol. The first-order valence-corrected chi connectivity index (χ1v) is 6.13. The minimum atomic E-state index is -0.156. The summed E-state index contributed by atoms with van der Waals surface area (Å²) < 4.78 is 5.42. The molecule has 0 fully saturated rings. The molecule has 0 saturated carbocycles. The van der Waals surface area contributed by atoms with Gasteiger partial charge in [0.15, 0.2) is 0 Å². The van der Waals surface area contributed by atoms with Crippen LogP contribution in [0.15, 0.2) is 42.6 Å². The fourth-order valence-corrected chi connectivity index (χ4v) is 1.85. The smallest absolute Gasteiger partial charge is 0.250 e. The number of fused-ring (bicyclic) bond motifs is 1. The zero-order valence-electron chi connectivity index (χ0n) is 10.6. The molecule has 1 amide bonds. The van der Waals surface area contributed by atoms with E-state index in [1.165, 1.54) is 6.33 Å². The van der Waals surface area contributed by atoms with Gasteiger partial charge in [0.2, 0.25) is 5.88 Å². The lowest BCUT2D eigenvalue weighted by atomic mass is 10.1. The molecule has 0 aromatic carbocycles. The lowest BCUT2D eigenvalue weighted by Gasteiger charge is -2.16. The average Bonchev–Trinajstić information content (AvgIpc) is 2.53. The zero-order chi connectivity index (χ0) is 13.8. The molecule has 1 aliphatic heterocycles. The molecule has 1 aliphatic rings. The zero-order valence-corrected chi connectivity index (χ0v) is 10.6. The van der Waals surface area contributed by atoms with Crippen molar-refractivity contribution < 1.29 is 9.53 Å². The van der Waals surface area contributed by atoms with E-state index in [1.807, 2.05) is 12.1 Å². The second-order valence-electron chi connectivity index (χ2n) is 4.28. The summed E-state index contributed by atoms with van der Waals surface area (Å²) in [7, 11) is 0. The van der Waals surface area contributed by atoms with Gasteiger partial charge in [-0.2, -0.15) is 0 Å². The fourth-order valence-electron chi connectivity index (χ4n) is 1.85. The van der Waals surface area contributed by atoms with Crippen molar-refractivity contribution in [2.75, 3.05) is 6.61 Å². The summed E-state index contributed by atoms with van der Waals surface area (Å²) in [6, 6.07) is 3.71. The summed E-state index contributed by atoms with van der Waals surface area (Å²) in [5.74, 6) is 0.349. The van der Waals surface area contributed by atoms with E-state index in [2.05, 4.69) is 20.3 Å². The van der Waals surface area contributed by atoms with Gasteiger partial charge in [0.25, 0.3) is 5.91 Å². The molecule has 0 radical (unpaired) electrons. The Balaban J connectivity index is 1.68. The molecular formula is C14H12N4O2. The first kappa shape index (κ1) is 12.3. The molecule has 0 atom stereocenters. The standard InChI is InChI=1S/C14H12N4O2/c19-13(17-6-10-1-3-15-4-2-10)12-5-11-7-16-9-18-14(11)20-8-12/h1-5,7,9H,6,8H2,(H,17,19). The number of hydrogen-bond donors (Lipinski definition) is 1. The van der Waals surface area contributed by atoms with Crippen LogP contribution < -0.4 is 10.1 Å². The maximum Gasteiger partial charge on any atom is 0.250 e. The number of ether oxygens (including phenoxy) is 1. The van der Waals surface area contributed by atoms with Gasteiger partial charge in [-0.3, -0.25) is 9.78 Å². The number of carbonyl (C=O) groups is 1. The number of amides is 1. The number of rotatable bonds is 3. The van der Waals surface area contributed by atoms with Crippen LogP contribution >= 0.6 is 0 Å². The van der Waals surface area contributed by atoms with E-state index in [1.54, 1.807) is 24.7 Å². The Morgan fingerprint density at radius 3 is 3.00 bits per heavy atom. The summed E-state index contributed by atoms with van der Waals surface area (Å²) in [6.45, 7) is 0.670. The molecule has 6 nitrogen and oxygen atoms in total. The van der Waals surface area contributed by atoms with E-state index >= 15 is 0 Å². The summed E-state index contributed by atoms with van der Waals surface area (Å²) in [4.78, 5) is 23.9. The molecule has 0 spiro atoms. The third-order valence-corrected chi connectivity index (χ3v) is 2.89. The number of nitrogens with one attached hydrogen (secondary N) is 1. The molecule has 20 heavy (non-hydrogen) atoms. The van der Waals surface area contributed by atoms with E-state index in [9.17, 15) is 4.79 Å². The van der Waals surface area contributed by atoms with Crippen LogP contribution in [0.2, 0.25) is 0 Å². The minimum Gasteiger partial charge on any atom is -0.472 e. The van der Waals surface area contributed by atoms with Gasteiger partial charge in [-0.1, -0.05) is 0 Å². The predicted octanol–water partition coefficient (Wildman–Crippen LogP) is 0.964. The van der Waals surface area contributed by atoms with E-state index in [4.69, 9.17) is 4.74 Å². The van der Waals surface area contributed by atoms with Crippen molar-refractivity contribution >= 4 is 12.0 Å². The van der Waals surface area contributed by atoms with E-state index in [0.717, 1.165) is 5.56 Å². The van der Waals surface area contributed by atoms with E-state index in [0.29, 0.717) is 23.6 Å². The molecule has 2 aromatic rings. The highest BCUT2D eigenvalue weighted by Crippen LogP contribution is 2.22. The van der Waals surface area contributed by atoms with Gasteiger partial charge >= 0.3 is 0 Å². The summed E-state index contributed by atoms with van der Waals surface area (Å²) in [5, 5.41) is 2.84. The lowest BCUT2D eigenvalue weighted by Crippen LogP contribution is -2.28. The van der Waals surface area contributed by atoms with Crippen LogP contribution in [-0.4, -0.2) is 27.5 Å². The van der Waals surface area contributed by atoms with Gasteiger partial charge in [0.05, 0.1) is 11.1 Å². The number of carbonyl (C=O) groups excluding carboxylic acids is 1. The van der Waals surface area contributed by atoms with Crippen molar-refractivity contribution in [3.05, 3.63) is 53.8 Å². The largest absolute Gasteiger partial charge is 0.472 e. The van der Waals surface area contributed by atoms with Crippen LogP contribution in [0.4, 0.5) is 0 Å². The first-order chi connectivity index (χ1) is 9.83. The minimum absolute atomic E-state index is 0.156. The third-order valence-electron chi connectivity index (χ3n) is 2.89. The Morgan fingerprint density at radius 1 is 1.30 bits per heavy atom. The maximum atomic E-state index is 12.1. The van der Waals surface area contributed by atoms with Gasteiger partial charge in [0, 0.05) is 25.1 Å². The maximum absolute atomic E-state index is 12.1.